The van der Waals surface area contributed by atoms with Crippen LogP contribution in [0.3, 0.4) is 0 Å². The zero-order valence-corrected chi connectivity index (χ0v) is 11.3. The molecule has 1 aromatic carbocycles. The molecule has 0 radical (unpaired) electrons. The second-order valence-electron chi connectivity index (χ2n) is 4.81. The van der Waals surface area contributed by atoms with Crippen LogP contribution >= 0.6 is 0 Å². The molecule has 0 aliphatic carbocycles. The molecule has 2 rings (SSSR count). The molecule has 0 aromatic heterocycles. The molecule has 20 heavy (non-hydrogen) atoms. The summed E-state index contributed by atoms with van der Waals surface area (Å²) in [6.07, 6.45) is 0.381. The highest BCUT2D eigenvalue weighted by atomic mass is 16.5. The van der Waals surface area contributed by atoms with E-state index in [9.17, 15) is 14.7 Å². The molecule has 1 fully saturated rings. The average Bonchev–Trinajstić information content (AvgIpc) is 2.46. The van der Waals surface area contributed by atoms with Gasteiger partial charge in [0.25, 0.3) is 0 Å². The molecule has 5 nitrogen and oxygen atoms in total. The number of carbonyl (C=O) groups excluding carboxylic acids is 1. The molecule has 0 spiro atoms. The van der Waals surface area contributed by atoms with Gasteiger partial charge in [-0.25, -0.2) is 9.59 Å². The second-order valence-corrected chi connectivity index (χ2v) is 4.81. The lowest BCUT2D eigenvalue weighted by Gasteiger charge is -2.35. The molecule has 1 heterocycles. The molecular weight excluding hydrogens is 258 g/mol. The summed E-state index contributed by atoms with van der Waals surface area (Å²) in [5.41, 5.74) is 2.36. The van der Waals surface area contributed by atoms with Crippen LogP contribution in [0.2, 0.25) is 0 Å². The van der Waals surface area contributed by atoms with E-state index in [0.717, 1.165) is 11.1 Å². The molecule has 0 saturated carbocycles. The number of likely N-dealkylation sites (tertiary alicyclic amines) is 1. The summed E-state index contributed by atoms with van der Waals surface area (Å²) in [6, 6.07) is 6.61. The largest absolute Gasteiger partial charge is 0.465 e. The van der Waals surface area contributed by atoms with Gasteiger partial charge in [-0.1, -0.05) is 24.3 Å². The molecule has 1 N–H and O–H groups in total. The van der Waals surface area contributed by atoms with Gasteiger partial charge in [0.05, 0.1) is 18.7 Å². The molecule has 1 amide bonds. The summed E-state index contributed by atoms with van der Waals surface area (Å²) in [7, 11) is 1.33. The maximum atomic E-state index is 11.4. The van der Waals surface area contributed by atoms with Crippen LogP contribution < -0.4 is 0 Å². The number of methoxy groups -OCH3 is 1. The van der Waals surface area contributed by atoms with Crippen LogP contribution in [0.4, 0.5) is 4.79 Å². The van der Waals surface area contributed by atoms with Gasteiger partial charge in [0.15, 0.2) is 0 Å². The van der Waals surface area contributed by atoms with Gasteiger partial charge in [-0.3, -0.25) is 0 Å². The fraction of sp³-hybridized carbons (Fsp3) is 0.333. The number of rotatable bonds is 2. The van der Waals surface area contributed by atoms with Gasteiger partial charge in [0.1, 0.15) is 0 Å². The lowest BCUT2D eigenvalue weighted by atomic mass is 9.92. The lowest BCUT2D eigenvalue weighted by molar-refractivity contribution is 0.0600. The number of nitrogens with zero attached hydrogens (tertiary/aromatic N) is 1. The highest BCUT2D eigenvalue weighted by Crippen LogP contribution is 2.33. The Morgan fingerprint density at radius 3 is 2.55 bits per heavy atom. The molecule has 1 aromatic rings. The van der Waals surface area contributed by atoms with Crippen molar-refractivity contribution in [2.45, 2.75) is 18.9 Å². The Balaban J connectivity index is 2.25. The third kappa shape index (κ3) is 2.82. The second kappa shape index (κ2) is 5.77. The normalized spacial score (nSPS) is 18.8. The van der Waals surface area contributed by atoms with Crippen molar-refractivity contribution in [3.8, 4) is 0 Å². The van der Waals surface area contributed by atoms with Crippen molar-refractivity contribution in [3.63, 3.8) is 0 Å². The fourth-order valence-electron chi connectivity index (χ4n) is 2.41. The topological polar surface area (TPSA) is 66.8 Å². The van der Waals surface area contributed by atoms with Crippen molar-refractivity contribution in [2.24, 2.45) is 0 Å². The summed E-state index contributed by atoms with van der Waals surface area (Å²) in [4.78, 5) is 24.1. The van der Waals surface area contributed by atoms with Crippen molar-refractivity contribution in [1.82, 2.24) is 4.90 Å². The van der Waals surface area contributed by atoms with Gasteiger partial charge < -0.3 is 14.7 Å². The third-order valence-corrected chi connectivity index (χ3v) is 3.53. The van der Waals surface area contributed by atoms with E-state index >= 15 is 0 Å². The Morgan fingerprint density at radius 2 is 2.00 bits per heavy atom. The standard InChI is InChI=1S/C15H17NO4/c1-10-7-8-16(15(18)19)13(9-10)11-3-5-12(6-4-11)14(17)20-2/h3-6,13H,1,7-9H2,2H3,(H,18,19)/t13-/m0/s1. The van der Waals surface area contributed by atoms with E-state index in [0.29, 0.717) is 24.9 Å². The third-order valence-electron chi connectivity index (χ3n) is 3.53. The van der Waals surface area contributed by atoms with Crippen LogP contribution in [0.15, 0.2) is 36.4 Å². The van der Waals surface area contributed by atoms with Crippen molar-refractivity contribution in [1.29, 1.82) is 0 Å². The molecule has 1 saturated heterocycles. The van der Waals surface area contributed by atoms with Crippen molar-refractivity contribution in [3.05, 3.63) is 47.5 Å². The number of carboxylic acid groups (broad SMARTS) is 1. The van der Waals surface area contributed by atoms with Crippen LogP contribution in [0.5, 0.6) is 0 Å². The minimum Gasteiger partial charge on any atom is -0.465 e. The van der Waals surface area contributed by atoms with E-state index in [4.69, 9.17) is 0 Å². The van der Waals surface area contributed by atoms with Gasteiger partial charge in [-0.15, -0.1) is 0 Å². The van der Waals surface area contributed by atoms with Gasteiger partial charge in [0, 0.05) is 6.54 Å². The summed E-state index contributed by atoms with van der Waals surface area (Å²) in [5.74, 6) is -0.403. The average molecular weight is 275 g/mol. The van der Waals surface area contributed by atoms with E-state index in [-0.39, 0.29) is 6.04 Å². The number of esters is 1. The number of hydrogen-bond acceptors (Lipinski definition) is 3. The highest BCUT2D eigenvalue weighted by Gasteiger charge is 2.29. The Bertz CT molecular complexity index is 535. The molecule has 1 aliphatic rings. The quantitative estimate of drug-likeness (QED) is 0.665. The van der Waals surface area contributed by atoms with Crippen LogP contribution in [0, 0.1) is 0 Å². The molecule has 106 valence electrons. The molecular formula is C15H17NO4. The number of amides is 1. The number of ether oxygens (including phenoxy) is 1. The van der Waals surface area contributed by atoms with Gasteiger partial charge in [-0.2, -0.15) is 0 Å². The van der Waals surface area contributed by atoms with E-state index in [1.165, 1.54) is 12.0 Å². The Labute approximate surface area is 117 Å². The zero-order chi connectivity index (χ0) is 14.7. The predicted molar refractivity (Wildman–Crippen MR) is 73.6 cm³/mol. The fourth-order valence-corrected chi connectivity index (χ4v) is 2.41. The first kappa shape index (κ1) is 14.1. The number of carbonyl (C=O) groups is 2. The van der Waals surface area contributed by atoms with Gasteiger partial charge in [0.2, 0.25) is 0 Å². The SMILES string of the molecule is C=C1CCN(C(=O)O)[C@H](c2ccc(C(=O)OC)cc2)C1. The monoisotopic (exact) mass is 275 g/mol. The Hall–Kier alpha value is -2.30. The maximum Gasteiger partial charge on any atom is 0.407 e. The number of piperidine rings is 1. The first-order valence-electron chi connectivity index (χ1n) is 6.37. The molecule has 0 unspecified atom stereocenters. The molecule has 1 atom stereocenters. The summed E-state index contributed by atoms with van der Waals surface area (Å²) < 4.78 is 4.64. The van der Waals surface area contributed by atoms with Gasteiger partial charge in [-0.05, 0) is 30.5 Å². The summed E-state index contributed by atoms with van der Waals surface area (Å²) in [6.45, 7) is 4.40. The molecule has 0 bridgehead atoms. The lowest BCUT2D eigenvalue weighted by Crippen LogP contribution is -2.38. The van der Waals surface area contributed by atoms with Crippen LogP contribution in [0.1, 0.15) is 34.8 Å². The van der Waals surface area contributed by atoms with E-state index < -0.39 is 12.1 Å². The van der Waals surface area contributed by atoms with Gasteiger partial charge >= 0.3 is 12.1 Å². The number of benzene rings is 1. The first-order chi connectivity index (χ1) is 9.52. The minimum absolute atomic E-state index is 0.236. The van der Waals surface area contributed by atoms with Crippen molar-refractivity contribution >= 4 is 12.1 Å². The van der Waals surface area contributed by atoms with Crippen LogP contribution in [0.25, 0.3) is 0 Å². The van der Waals surface area contributed by atoms with Crippen LogP contribution in [-0.4, -0.2) is 35.7 Å². The Morgan fingerprint density at radius 1 is 1.35 bits per heavy atom. The first-order valence-corrected chi connectivity index (χ1v) is 6.37. The number of hydrogen-bond donors (Lipinski definition) is 1. The summed E-state index contributed by atoms with van der Waals surface area (Å²) >= 11 is 0. The maximum absolute atomic E-state index is 11.4. The van der Waals surface area contributed by atoms with E-state index in [2.05, 4.69) is 11.3 Å². The van der Waals surface area contributed by atoms with Crippen molar-refractivity contribution in [2.75, 3.05) is 13.7 Å². The predicted octanol–water partition coefficient (Wildman–Crippen LogP) is 2.84. The van der Waals surface area contributed by atoms with Crippen LogP contribution in [-0.2, 0) is 4.74 Å². The molecule has 1 aliphatic heterocycles. The molecule has 5 heteroatoms. The smallest absolute Gasteiger partial charge is 0.407 e. The van der Waals surface area contributed by atoms with Crippen molar-refractivity contribution < 1.29 is 19.4 Å². The van der Waals surface area contributed by atoms with E-state index in [1.807, 2.05) is 0 Å². The summed E-state index contributed by atoms with van der Waals surface area (Å²) in [5, 5.41) is 9.26. The minimum atomic E-state index is -0.931. The van der Waals surface area contributed by atoms with E-state index in [1.54, 1.807) is 24.3 Å². The zero-order valence-electron chi connectivity index (χ0n) is 11.3. The highest BCUT2D eigenvalue weighted by molar-refractivity contribution is 5.89. The Kier molecular flexibility index (Phi) is 4.08.